The van der Waals surface area contributed by atoms with E-state index in [2.05, 4.69) is 17.1 Å². The second-order valence-electron chi connectivity index (χ2n) is 4.02. The summed E-state index contributed by atoms with van der Waals surface area (Å²) < 4.78 is 13.3. The summed E-state index contributed by atoms with van der Waals surface area (Å²) in [6.07, 6.45) is 0. The van der Waals surface area contributed by atoms with Gasteiger partial charge >= 0.3 is 0 Å². The molecule has 2 nitrogen and oxygen atoms in total. The summed E-state index contributed by atoms with van der Waals surface area (Å²) in [7, 11) is 0. The Hall–Kier alpha value is -0.510. The van der Waals surface area contributed by atoms with Crippen LogP contribution in [0.1, 0.15) is 6.92 Å². The van der Waals surface area contributed by atoms with Crippen molar-refractivity contribution in [3.8, 4) is 0 Å². The van der Waals surface area contributed by atoms with Gasteiger partial charge in [-0.05, 0) is 19.1 Å². The first kappa shape index (κ1) is 12.0. The molecule has 1 atom stereocenters. The lowest BCUT2D eigenvalue weighted by Gasteiger charge is -2.33. The number of hydrogen-bond donors (Lipinski definition) is 1. The minimum absolute atomic E-state index is 0.0775. The highest BCUT2D eigenvalue weighted by atomic mass is 35.5. The van der Waals surface area contributed by atoms with E-state index in [1.54, 1.807) is 12.1 Å². The molecular weight excluding hydrogens is 250 g/mol. The van der Waals surface area contributed by atoms with E-state index in [1.165, 1.54) is 0 Å². The first-order valence-corrected chi connectivity index (χ1v) is 5.96. The normalized spacial score (nSPS) is 21.2. The van der Waals surface area contributed by atoms with Crippen molar-refractivity contribution in [2.45, 2.75) is 13.0 Å². The lowest BCUT2D eigenvalue weighted by Crippen LogP contribution is -2.49. The Morgan fingerprint density at radius 1 is 1.38 bits per heavy atom. The number of piperazine rings is 1. The molecule has 1 aromatic rings. The molecule has 0 spiro atoms. The van der Waals surface area contributed by atoms with Gasteiger partial charge < -0.3 is 10.2 Å². The SMILES string of the molecule is CC1CN(c2cc(Cl)c(F)c(Cl)c2)CCN1. The van der Waals surface area contributed by atoms with Crippen LogP contribution in [0.4, 0.5) is 10.1 Å². The number of anilines is 1. The Morgan fingerprint density at radius 3 is 2.56 bits per heavy atom. The van der Waals surface area contributed by atoms with Gasteiger partial charge in [0.2, 0.25) is 0 Å². The molecule has 0 radical (unpaired) electrons. The summed E-state index contributed by atoms with van der Waals surface area (Å²) in [5.41, 5.74) is 0.879. The molecule has 1 aromatic carbocycles. The zero-order chi connectivity index (χ0) is 11.7. The van der Waals surface area contributed by atoms with Crippen LogP contribution in [0.5, 0.6) is 0 Å². The van der Waals surface area contributed by atoms with Gasteiger partial charge in [0.25, 0.3) is 0 Å². The third kappa shape index (κ3) is 2.42. The van der Waals surface area contributed by atoms with E-state index in [4.69, 9.17) is 23.2 Å². The topological polar surface area (TPSA) is 15.3 Å². The van der Waals surface area contributed by atoms with Crippen LogP contribution in [0.2, 0.25) is 10.0 Å². The molecule has 0 aliphatic carbocycles. The standard InChI is InChI=1S/C11H13Cl2FN2/c1-7-6-16(3-2-15-7)8-4-9(12)11(14)10(13)5-8/h4-5,7,15H,2-3,6H2,1H3. The second kappa shape index (κ2) is 4.78. The van der Waals surface area contributed by atoms with Crippen molar-refractivity contribution in [3.05, 3.63) is 28.0 Å². The molecule has 1 aliphatic rings. The molecule has 1 aliphatic heterocycles. The Kier molecular flexibility index (Phi) is 3.57. The summed E-state index contributed by atoms with van der Waals surface area (Å²) in [5, 5.41) is 3.50. The summed E-state index contributed by atoms with van der Waals surface area (Å²) in [6, 6.07) is 3.66. The third-order valence-corrected chi connectivity index (χ3v) is 3.25. The van der Waals surface area contributed by atoms with E-state index in [-0.39, 0.29) is 10.0 Å². The number of benzene rings is 1. The molecule has 2 rings (SSSR count). The predicted octanol–water partition coefficient (Wildman–Crippen LogP) is 2.93. The van der Waals surface area contributed by atoms with Gasteiger partial charge in [-0.2, -0.15) is 0 Å². The van der Waals surface area contributed by atoms with Crippen LogP contribution in [0.25, 0.3) is 0 Å². The minimum atomic E-state index is -0.546. The first-order chi connectivity index (χ1) is 7.58. The number of halogens is 3. The molecule has 1 unspecified atom stereocenters. The number of nitrogens with zero attached hydrogens (tertiary/aromatic N) is 1. The summed E-state index contributed by atoms with van der Waals surface area (Å²) in [6.45, 7) is 4.77. The van der Waals surface area contributed by atoms with Crippen molar-refractivity contribution in [2.75, 3.05) is 24.5 Å². The van der Waals surface area contributed by atoms with Crippen LogP contribution in [0.15, 0.2) is 12.1 Å². The highest BCUT2D eigenvalue weighted by molar-refractivity contribution is 6.35. The Labute approximate surface area is 104 Å². The monoisotopic (exact) mass is 262 g/mol. The summed E-state index contributed by atoms with van der Waals surface area (Å²) in [4.78, 5) is 2.15. The van der Waals surface area contributed by atoms with Gasteiger partial charge in [-0.25, -0.2) is 4.39 Å². The molecule has 5 heteroatoms. The lowest BCUT2D eigenvalue weighted by molar-refractivity contribution is 0.484. The van der Waals surface area contributed by atoms with Crippen LogP contribution < -0.4 is 10.2 Å². The number of hydrogen-bond acceptors (Lipinski definition) is 2. The lowest BCUT2D eigenvalue weighted by atomic mass is 10.2. The highest BCUT2D eigenvalue weighted by Gasteiger charge is 2.18. The maximum absolute atomic E-state index is 13.3. The van der Waals surface area contributed by atoms with E-state index < -0.39 is 5.82 Å². The molecule has 1 fully saturated rings. The van der Waals surface area contributed by atoms with E-state index in [9.17, 15) is 4.39 Å². The van der Waals surface area contributed by atoms with E-state index in [0.717, 1.165) is 25.3 Å². The minimum Gasteiger partial charge on any atom is -0.369 e. The van der Waals surface area contributed by atoms with E-state index in [1.807, 2.05) is 0 Å². The van der Waals surface area contributed by atoms with Gasteiger partial charge in [-0.15, -0.1) is 0 Å². The maximum Gasteiger partial charge on any atom is 0.160 e. The average Bonchev–Trinajstić information content (AvgIpc) is 2.25. The zero-order valence-corrected chi connectivity index (χ0v) is 10.4. The van der Waals surface area contributed by atoms with Gasteiger partial charge in [-0.1, -0.05) is 23.2 Å². The average molecular weight is 263 g/mol. The van der Waals surface area contributed by atoms with Gasteiger partial charge in [0.1, 0.15) is 0 Å². The largest absolute Gasteiger partial charge is 0.369 e. The molecule has 0 aromatic heterocycles. The molecule has 1 N–H and O–H groups in total. The van der Waals surface area contributed by atoms with Crippen LogP contribution in [0.3, 0.4) is 0 Å². The molecular formula is C11H13Cl2FN2. The smallest absolute Gasteiger partial charge is 0.160 e. The first-order valence-electron chi connectivity index (χ1n) is 5.21. The molecule has 1 saturated heterocycles. The predicted molar refractivity (Wildman–Crippen MR) is 66.1 cm³/mol. The fourth-order valence-electron chi connectivity index (χ4n) is 1.89. The van der Waals surface area contributed by atoms with E-state index >= 15 is 0 Å². The van der Waals surface area contributed by atoms with E-state index in [0.29, 0.717) is 6.04 Å². The van der Waals surface area contributed by atoms with Crippen molar-refractivity contribution in [2.24, 2.45) is 0 Å². The zero-order valence-electron chi connectivity index (χ0n) is 8.93. The summed E-state index contributed by atoms with van der Waals surface area (Å²) >= 11 is 11.5. The molecule has 0 saturated carbocycles. The van der Waals surface area contributed by atoms with Crippen molar-refractivity contribution >= 4 is 28.9 Å². The van der Waals surface area contributed by atoms with Gasteiger partial charge in [0.05, 0.1) is 10.0 Å². The molecule has 0 bridgehead atoms. The van der Waals surface area contributed by atoms with Crippen molar-refractivity contribution in [1.82, 2.24) is 5.32 Å². The van der Waals surface area contributed by atoms with Crippen LogP contribution in [-0.2, 0) is 0 Å². The molecule has 1 heterocycles. The van der Waals surface area contributed by atoms with Crippen LogP contribution >= 0.6 is 23.2 Å². The fraction of sp³-hybridized carbons (Fsp3) is 0.455. The molecule has 0 amide bonds. The highest BCUT2D eigenvalue weighted by Crippen LogP contribution is 2.29. The Bertz CT molecular complexity index is 375. The van der Waals surface area contributed by atoms with Crippen LogP contribution in [0, 0.1) is 5.82 Å². The number of nitrogens with one attached hydrogen (secondary N) is 1. The van der Waals surface area contributed by atoms with Gasteiger partial charge in [-0.3, -0.25) is 0 Å². The quantitative estimate of drug-likeness (QED) is 0.784. The Morgan fingerprint density at radius 2 is 2.00 bits per heavy atom. The Balaban J connectivity index is 2.26. The number of rotatable bonds is 1. The fourth-order valence-corrected chi connectivity index (χ4v) is 2.37. The van der Waals surface area contributed by atoms with Crippen molar-refractivity contribution in [1.29, 1.82) is 0 Å². The molecule has 16 heavy (non-hydrogen) atoms. The van der Waals surface area contributed by atoms with Gasteiger partial charge in [0, 0.05) is 31.4 Å². The summed E-state index contributed by atoms with van der Waals surface area (Å²) in [5.74, 6) is -0.546. The van der Waals surface area contributed by atoms with Crippen LogP contribution in [-0.4, -0.2) is 25.7 Å². The maximum atomic E-state index is 13.3. The third-order valence-electron chi connectivity index (χ3n) is 2.70. The second-order valence-corrected chi connectivity index (χ2v) is 4.84. The van der Waals surface area contributed by atoms with Crippen molar-refractivity contribution in [3.63, 3.8) is 0 Å². The van der Waals surface area contributed by atoms with Gasteiger partial charge in [0.15, 0.2) is 5.82 Å². The van der Waals surface area contributed by atoms with Crippen molar-refractivity contribution < 1.29 is 4.39 Å². The molecule has 88 valence electrons.